The molecule has 3 N–H and O–H groups in total. The molecule has 0 spiro atoms. The van der Waals surface area contributed by atoms with Gasteiger partial charge in [0.25, 0.3) is 0 Å². The number of nitrogens with one attached hydrogen (secondary N) is 1. The van der Waals surface area contributed by atoms with Crippen molar-refractivity contribution in [2.24, 2.45) is 5.73 Å². The fraction of sp³-hybridized carbons (Fsp3) is 0.417. The first-order valence-corrected chi connectivity index (χ1v) is 6.28. The number of carbonyl (C=O) groups is 1. The number of amides is 1. The predicted octanol–water partition coefficient (Wildman–Crippen LogP) is 1.94. The third kappa shape index (κ3) is 2.98. The van der Waals surface area contributed by atoms with E-state index in [4.69, 9.17) is 5.73 Å². The van der Waals surface area contributed by atoms with E-state index in [0.29, 0.717) is 13.1 Å². The van der Waals surface area contributed by atoms with Crippen molar-refractivity contribution in [1.82, 2.24) is 0 Å². The summed E-state index contributed by atoms with van der Waals surface area (Å²) < 4.78 is 0.993. The molecule has 92 valence electrons. The topological polar surface area (TPSA) is 58.4 Å². The van der Waals surface area contributed by atoms with Gasteiger partial charge in [-0.15, -0.1) is 0 Å². The van der Waals surface area contributed by atoms with Crippen molar-refractivity contribution in [3.05, 3.63) is 22.7 Å². The summed E-state index contributed by atoms with van der Waals surface area (Å²) in [4.78, 5) is 13.6. The van der Waals surface area contributed by atoms with Crippen LogP contribution in [0.3, 0.4) is 0 Å². The molecule has 0 radical (unpaired) electrons. The Morgan fingerprint density at radius 2 is 2.24 bits per heavy atom. The maximum Gasteiger partial charge on any atom is 0.243 e. The van der Waals surface area contributed by atoms with Gasteiger partial charge in [0, 0.05) is 16.6 Å². The highest BCUT2D eigenvalue weighted by atomic mass is 79.9. The number of carbonyl (C=O) groups excluding carboxylic acids is 1. The van der Waals surface area contributed by atoms with Gasteiger partial charge in [-0.05, 0) is 32.0 Å². The van der Waals surface area contributed by atoms with Crippen LogP contribution >= 0.6 is 15.9 Å². The first kappa shape index (κ1) is 12.4. The van der Waals surface area contributed by atoms with Gasteiger partial charge in [-0.3, -0.25) is 4.79 Å². The van der Waals surface area contributed by atoms with E-state index in [0.717, 1.165) is 15.8 Å². The lowest BCUT2D eigenvalue weighted by molar-refractivity contribution is -0.115. The van der Waals surface area contributed by atoms with Gasteiger partial charge in [0.15, 0.2) is 0 Å². The number of fused-ring (bicyclic) bond motifs is 1. The third-order valence-electron chi connectivity index (χ3n) is 2.51. The van der Waals surface area contributed by atoms with Gasteiger partial charge in [0.05, 0.1) is 17.9 Å². The van der Waals surface area contributed by atoms with E-state index < -0.39 is 0 Å². The van der Waals surface area contributed by atoms with Crippen molar-refractivity contribution in [2.45, 2.75) is 19.4 Å². The van der Waals surface area contributed by atoms with Crippen LogP contribution in [0.5, 0.6) is 0 Å². The number of hydrogen-bond donors (Lipinski definition) is 2. The van der Waals surface area contributed by atoms with Crippen molar-refractivity contribution in [1.29, 1.82) is 0 Å². The van der Waals surface area contributed by atoms with E-state index in [1.807, 2.05) is 36.9 Å². The average Bonchev–Trinajstić information content (AvgIpc) is 2.16. The highest BCUT2D eigenvalue weighted by molar-refractivity contribution is 9.10. The molecule has 1 aromatic carbocycles. The van der Waals surface area contributed by atoms with Crippen LogP contribution in [0.1, 0.15) is 13.8 Å². The monoisotopic (exact) mass is 297 g/mol. The van der Waals surface area contributed by atoms with Crippen LogP contribution in [0.15, 0.2) is 22.7 Å². The van der Waals surface area contributed by atoms with Gasteiger partial charge in [-0.25, -0.2) is 0 Å². The van der Waals surface area contributed by atoms with Crippen LogP contribution < -0.4 is 16.0 Å². The molecule has 1 heterocycles. The summed E-state index contributed by atoms with van der Waals surface area (Å²) in [6.07, 6.45) is 0. The van der Waals surface area contributed by atoms with Gasteiger partial charge in [-0.2, -0.15) is 0 Å². The number of anilines is 2. The molecule has 1 aliphatic heterocycles. The van der Waals surface area contributed by atoms with Crippen molar-refractivity contribution >= 4 is 33.2 Å². The Bertz CT molecular complexity index is 454. The SMILES string of the molecule is CC(C)(N)CN1CC(=O)Nc2ccc(Br)cc21. The fourth-order valence-corrected chi connectivity index (χ4v) is 2.30. The van der Waals surface area contributed by atoms with Gasteiger partial charge in [0.2, 0.25) is 5.91 Å². The van der Waals surface area contributed by atoms with Crippen LogP contribution in [0, 0.1) is 0 Å². The molecule has 0 saturated heterocycles. The number of nitrogens with zero attached hydrogens (tertiary/aromatic N) is 1. The molecule has 4 nitrogen and oxygen atoms in total. The van der Waals surface area contributed by atoms with Crippen LogP contribution in [-0.4, -0.2) is 24.5 Å². The first-order valence-electron chi connectivity index (χ1n) is 5.48. The minimum Gasteiger partial charge on any atom is -0.359 e. The Morgan fingerprint density at radius 3 is 2.88 bits per heavy atom. The highest BCUT2D eigenvalue weighted by Gasteiger charge is 2.25. The molecule has 1 aromatic rings. The predicted molar refractivity (Wildman–Crippen MR) is 73.3 cm³/mol. The number of rotatable bonds is 2. The van der Waals surface area contributed by atoms with Crippen LogP contribution in [-0.2, 0) is 4.79 Å². The summed E-state index contributed by atoms with van der Waals surface area (Å²) in [5.41, 5.74) is 7.54. The molecule has 0 fully saturated rings. The minimum atomic E-state index is -0.336. The molecule has 17 heavy (non-hydrogen) atoms. The molecule has 0 aliphatic carbocycles. The Kier molecular flexibility index (Phi) is 3.14. The molecule has 2 rings (SSSR count). The lowest BCUT2D eigenvalue weighted by Crippen LogP contribution is -2.49. The molecular weight excluding hydrogens is 282 g/mol. The first-order chi connectivity index (χ1) is 7.85. The molecule has 1 amide bonds. The lowest BCUT2D eigenvalue weighted by atomic mass is 10.0. The lowest BCUT2D eigenvalue weighted by Gasteiger charge is -2.35. The zero-order valence-electron chi connectivity index (χ0n) is 9.96. The molecule has 0 saturated carbocycles. The molecule has 0 aromatic heterocycles. The Labute approximate surface area is 109 Å². The molecule has 0 bridgehead atoms. The minimum absolute atomic E-state index is 0.00377. The molecule has 0 atom stereocenters. The van der Waals surface area contributed by atoms with E-state index in [1.165, 1.54) is 0 Å². The second kappa shape index (κ2) is 4.31. The number of halogens is 1. The van der Waals surface area contributed by atoms with Gasteiger partial charge < -0.3 is 16.0 Å². The third-order valence-corrected chi connectivity index (χ3v) is 3.00. The van der Waals surface area contributed by atoms with Crippen molar-refractivity contribution in [3.63, 3.8) is 0 Å². The number of nitrogens with two attached hydrogens (primary N) is 1. The Hall–Kier alpha value is -1.07. The van der Waals surface area contributed by atoms with Crippen molar-refractivity contribution in [3.8, 4) is 0 Å². The number of hydrogen-bond acceptors (Lipinski definition) is 3. The van der Waals surface area contributed by atoms with Gasteiger partial charge in [-0.1, -0.05) is 15.9 Å². The quantitative estimate of drug-likeness (QED) is 0.877. The standard InChI is InChI=1S/C12H16BrN3O/c1-12(2,14)7-16-6-11(17)15-9-4-3-8(13)5-10(9)16/h3-5H,6-7,14H2,1-2H3,(H,15,17). The van der Waals surface area contributed by atoms with Gasteiger partial charge in [0.1, 0.15) is 0 Å². The van der Waals surface area contributed by atoms with Crippen LogP contribution in [0.4, 0.5) is 11.4 Å². The van der Waals surface area contributed by atoms with Gasteiger partial charge >= 0.3 is 0 Å². The van der Waals surface area contributed by atoms with Crippen molar-refractivity contribution < 1.29 is 4.79 Å². The Balaban J connectivity index is 2.36. The Morgan fingerprint density at radius 1 is 1.53 bits per heavy atom. The molecule has 1 aliphatic rings. The van der Waals surface area contributed by atoms with Crippen molar-refractivity contribution in [2.75, 3.05) is 23.3 Å². The second-order valence-electron chi connectivity index (χ2n) is 5.05. The zero-order valence-corrected chi connectivity index (χ0v) is 11.5. The van der Waals surface area contributed by atoms with E-state index in [9.17, 15) is 4.79 Å². The summed E-state index contributed by atoms with van der Waals surface area (Å²) in [5.74, 6) is 0.00377. The highest BCUT2D eigenvalue weighted by Crippen LogP contribution is 2.32. The van der Waals surface area contributed by atoms with Crippen LogP contribution in [0.2, 0.25) is 0 Å². The zero-order chi connectivity index (χ0) is 12.6. The molecular formula is C12H16BrN3O. The van der Waals surface area contributed by atoms with E-state index >= 15 is 0 Å². The van der Waals surface area contributed by atoms with E-state index in [1.54, 1.807) is 0 Å². The summed E-state index contributed by atoms with van der Waals surface area (Å²) in [6, 6.07) is 5.81. The maximum absolute atomic E-state index is 11.6. The largest absolute Gasteiger partial charge is 0.359 e. The normalized spacial score (nSPS) is 15.5. The summed E-state index contributed by atoms with van der Waals surface area (Å²) in [7, 11) is 0. The average molecular weight is 298 g/mol. The van der Waals surface area contributed by atoms with Crippen LogP contribution in [0.25, 0.3) is 0 Å². The smallest absolute Gasteiger partial charge is 0.243 e. The second-order valence-corrected chi connectivity index (χ2v) is 5.97. The molecule has 5 heteroatoms. The van der Waals surface area contributed by atoms with E-state index in [2.05, 4.69) is 21.2 Å². The summed E-state index contributed by atoms with van der Waals surface area (Å²) >= 11 is 3.44. The summed E-state index contributed by atoms with van der Waals surface area (Å²) in [5, 5.41) is 2.86. The number of benzene rings is 1. The van der Waals surface area contributed by atoms with E-state index in [-0.39, 0.29) is 11.4 Å². The summed E-state index contributed by atoms with van der Waals surface area (Å²) in [6.45, 7) is 4.91. The fourth-order valence-electron chi connectivity index (χ4n) is 1.95. The molecule has 0 unspecified atom stereocenters. The maximum atomic E-state index is 11.6.